The maximum atomic E-state index is 13.3. The van der Waals surface area contributed by atoms with Crippen LogP contribution in [-0.2, 0) is 9.59 Å². The Balaban J connectivity index is 2.22. The van der Waals surface area contributed by atoms with Gasteiger partial charge in [0.15, 0.2) is 0 Å². The lowest BCUT2D eigenvalue weighted by Gasteiger charge is -2.13. The van der Waals surface area contributed by atoms with E-state index in [9.17, 15) is 9.59 Å². The third-order valence-electron chi connectivity index (χ3n) is 4.49. The standard InChI is InChI=1S/C21H20BrNO2S/c1-11(2)18-19(13(4)17-10-12(3)26-14(17)5)21(25)23(20(18)24)16-8-6-15(22)7-9-16/h6-10H,1-5H3/b19-13-. The van der Waals surface area contributed by atoms with Crippen molar-refractivity contribution >= 4 is 50.3 Å². The van der Waals surface area contributed by atoms with Crippen LogP contribution < -0.4 is 4.90 Å². The van der Waals surface area contributed by atoms with Gasteiger partial charge in [-0.15, -0.1) is 11.3 Å². The van der Waals surface area contributed by atoms with Gasteiger partial charge in [-0.1, -0.05) is 21.5 Å². The van der Waals surface area contributed by atoms with E-state index < -0.39 is 0 Å². The summed E-state index contributed by atoms with van der Waals surface area (Å²) < 4.78 is 0.902. The predicted molar refractivity (Wildman–Crippen MR) is 111 cm³/mol. The number of hydrogen-bond donors (Lipinski definition) is 0. The molecule has 1 aliphatic heterocycles. The summed E-state index contributed by atoms with van der Waals surface area (Å²) in [6, 6.07) is 9.31. The fourth-order valence-electron chi connectivity index (χ4n) is 3.30. The van der Waals surface area contributed by atoms with Crippen LogP contribution in [0.3, 0.4) is 0 Å². The zero-order chi connectivity index (χ0) is 19.2. The number of halogens is 1. The van der Waals surface area contributed by atoms with Crippen molar-refractivity contribution in [3.63, 3.8) is 0 Å². The normalized spacial score (nSPS) is 16.5. The molecule has 0 saturated carbocycles. The number of amides is 2. The molecule has 134 valence electrons. The number of hydrogen-bond acceptors (Lipinski definition) is 3. The monoisotopic (exact) mass is 429 g/mol. The van der Waals surface area contributed by atoms with Gasteiger partial charge in [-0.25, -0.2) is 4.90 Å². The smallest absolute Gasteiger partial charge is 0.266 e. The fourth-order valence-corrected chi connectivity index (χ4v) is 4.55. The Bertz CT molecular complexity index is 976. The Morgan fingerprint density at radius 2 is 1.54 bits per heavy atom. The lowest BCUT2D eigenvalue weighted by molar-refractivity contribution is -0.119. The number of nitrogens with zero attached hydrogens (tertiary/aromatic N) is 1. The van der Waals surface area contributed by atoms with Gasteiger partial charge in [0.25, 0.3) is 11.8 Å². The number of anilines is 1. The highest BCUT2D eigenvalue weighted by Crippen LogP contribution is 2.38. The van der Waals surface area contributed by atoms with Crippen molar-refractivity contribution in [1.29, 1.82) is 0 Å². The predicted octanol–water partition coefficient (Wildman–Crippen LogP) is 5.81. The molecule has 0 atom stereocenters. The van der Waals surface area contributed by atoms with E-state index in [1.54, 1.807) is 23.5 Å². The molecule has 3 rings (SSSR count). The summed E-state index contributed by atoms with van der Waals surface area (Å²) in [6.45, 7) is 9.79. The molecule has 0 radical (unpaired) electrons. The largest absolute Gasteiger partial charge is 0.268 e. The Labute approximate surface area is 166 Å². The molecule has 1 saturated heterocycles. The van der Waals surface area contributed by atoms with Crippen LogP contribution in [0.4, 0.5) is 5.69 Å². The van der Waals surface area contributed by atoms with Crippen LogP contribution in [0, 0.1) is 13.8 Å². The topological polar surface area (TPSA) is 37.4 Å². The van der Waals surface area contributed by atoms with Crippen molar-refractivity contribution in [3.05, 3.63) is 66.8 Å². The average Bonchev–Trinajstić information content (AvgIpc) is 3.04. The molecule has 3 nitrogen and oxygen atoms in total. The molecule has 0 aliphatic carbocycles. The van der Waals surface area contributed by atoms with Gasteiger partial charge in [0.1, 0.15) is 0 Å². The first-order valence-electron chi connectivity index (χ1n) is 8.33. The minimum Gasteiger partial charge on any atom is -0.268 e. The summed E-state index contributed by atoms with van der Waals surface area (Å²) in [5, 5.41) is 0. The average molecular weight is 430 g/mol. The molecule has 2 heterocycles. The lowest BCUT2D eigenvalue weighted by Crippen LogP contribution is -2.29. The minimum atomic E-state index is -0.255. The maximum absolute atomic E-state index is 13.3. The van der Waals surface area contributed by atoms with E-state index in [0.29, 0.717) is 16.8 Å². The second kappa shape index (κ2) is 6.97. The molecular weight excluding hydrogens is 410 g/mol. The molecule has 1 aromatic carbocycles. The quantitative estimate of drug-likeness (QED) is 0.445. The first-order valence-corrected chi connectivity index (χ1v) is 9.93. The van der Waals surface area contributed by atoms with Gasteiger partial charge in [-0.3, -0.25) is 9.59 Å². The number of carbonyl (C=O) groups excluding carboxylic acids is 2. The Morgan fingerprint density at radius 1 is 0.962 bits per heavy atom. The number of carbonyl (C=O) groups is 2. The van der Waals surface area contributed by atoms with Gasteiger partial charge in [-0.05, 0) is 76.1 Å². The highest BCUT2D eigenvalue weighted by atomic mass is 79.9. The number of imide groups is 1. The minimum absolute atomic E-state index is 0.253. The van der Waals surface area contributed by atoms with E-state index in [0.717, 1.165) is 26.1 Å². The molecule has 1 aliphatic rings. The second-order valence-corrected chi connectivity index (χ2v) is 9.00. The summed E-state index contributed by atoms with van der Waals surface area (Å²) in [5.74, 6) is -0.509. The highest BCUT2D eigenvalue weighted by Gasteiger charge is 2.41. The van der Waals surface area contributed by atoms with Gasteiger partial charge in [-0.2, -0.15) is 0 Å². The van der Waals surface area contributed by atoms with Crippen LogP contribution in [0.1, 0.15) is 36.1 Å². The number of allylic oxidation sites excluding steroid dienone is 2. The van der Waals surface area contributed by atoms with Crippen LogP contribution in [0.15, 0.2) is 51.5 Å². The van der Waals surface area contributed by atoms with E-state index in [1.165, 1.54) is 9.78 Å². The molecule has 0 spiro atoms. The molecule has 2 aromatic rings. The van der Waals surface area contributed by atoms with Gasteiger partial charge in [0, 0.05) is 14.2 Å². The van der Waals surface area contributed by atoms with E-state index >= 15 is 0 Å². The van der Waals surface area contributed by atoms with Crippen LogP contribution >= 0.6 is 27.3 Å². The Morgan fingerprint density at radius 3 is 2.04 bits per heavy atom. The second-order valence-electron chi connectivity index (χ2n) is 6.62. The Kier molecular flexibility index (Phi) is 5.04. The first-order chi connectivity index (χ1) is 12.2. The number of rotatable bonds is 2. The zero-order valence-electron chi connectivity index (χ0n) is 15.4. The molecule has 2 amide bonds. The van der Waals surface area contributed by atoms with Crippen LogP contribution in [0.5, 0.6) is 0 Å². The van der Waals surface area contributed by atoms with Crippen LogP contribution in [-0.4, -0.2) is 11.8 Å². The summed E-state index contributed by atoms with van der Waals surface area (Å²) >= 11 is 5.09. The van der Waals surface area contributed by atoms with E-state index in [2.05, 4.69) is 28.9 Å². The van der Waals surface area contributed by atoms with Crippen molar-refractivity contribution in [1.82, 2.24) is 0 Å². The molecule has 0 unspecified atom stereocenters. The summed E-state index contributed by atoms with van der Waals surface area (Å²) in [7, 11) is 0. The third kappa shape index (κ3) is 3.10. The molecule has 1 fully saturated rings. The molecule has 26 heavy (non-hydrogen) atoms. The molecule has 5 heteroatoms. The van der Waals surface area contributed by atoms with E-state index in [4.69, 9.17) is 0 Å². The van der Waals surface area contributed by atoms with Gasteiger partial charge < -0.3 is 0 Å². The van der Waals surface area contributed by atoms with E-state index in [1.807, 2.05) is 39.8 Å². The molecule has 0 bridgehead atoms. The van der Waals surface area contributed by atoms with E-state index in [-0.39, 0.29) is 11.8 Å². The number of benzene rings is 1. The summed E-state index contributed by atoms with van der Waals surface area (Å²) in [6.07, 6.45) is 0. The fraction of sp³-hybridized carbons (Fsp3) is 0.238. The molecule has 0 N–H and O–H groups in total. The number of aryl methyl sites for hydroxylation is 2. The van der Waals surface area contributed by atoms with Crippen LogP contribution in [0.25, 0.3) is 5.57 Å². The van der Waals surface area contributed by atoms with Gasteiger partial charge in [0.2, 0.25) is 0 Å². The van der Waals surface area contributed by atoms with Crippen molar-refractivity contribution in [2.75, 3.05) is 4.90 Å². The SMILES string of the molecule is CC(C)=C1C(=O)N(c2ccc(Br)cc2)C(=O)/C1=C(/C)c1cc(C)sc1C. The number of thiophene rings is 1. The van der Waals surface area contributed by atoms with Crippen LogP contribution in [0.2, 0.25) is 0 Å². The lowest BCUT2D eigenvalue weighted by atomic mass is 9.95. The molecule has 1 aromatic heterocycles. The van der Waals surface area contributed by atoms with Gasteiger partial charge in [0.05, 0.1) is 16.8 Å². The summed E-state index contributed by atoms with van der Waals surface area (Å²) in [5.41, 5.74) is 4.36. The zero-order valence-corrected chi connectivity index (χ0v) is 17.8. The molecular formula is C21H20BrNO2S. The van der Waals surface area contributed by atoms with Crippen molar-refractivity contribution in [2.45, 2.75) is 34.6 Å². The van der Waals surface area contributed by atoms with Crippen molar-refractivity contribution in [2.24, 2.45) is 0 Å². The van der Waals surface area contributed by atoms with Crippen molar-refractivity contribution in [3.8, 4) is 0 Å². The first kappa shape index (κ1) is 18.8. The van der Waals surface area contributed by atoms with Gasteiger partial charge >= 0.3 is 0 Å². The third-order valence-corrected chi connectivity index (χ3v) is 5.98. The summed E-state index contributed by atoms with van der Waals surface area (Å²) in [4.78, 5) is 30.0. The highest BCUT2D eigenvalue weighted by molar-refractivity contribution is 9.10. The maximum Gasteiger partial charge on any atom is 0.266 e. The Hall–Kier alpha value is -1.98. The van der Waals surface area contributed by atoms with Crippen molar-refractivity contribution < 1.29 is 9.59 Å².